The number of urea groups is 1. The van der Waals surface area contributed by atoms with E-state index in [0.717, 1.165) is 49.1 Å². The summed E-state index contributed by atoms with van der Waals surface area (Å²) in [6.45, 7) is 4.89. The lowest BCUT2D eigenvalue weighted by Crippen LogP contribution is -2.40. The standard InChI is InChI=1S/C26H26N6O2/c1-2-27-25(34)31-10-8-26(16-31)9-11-32-22(26)13-21(30-32)18-12-19-20(15-29-24(19)28-14-18)23(33)17-6-4-3-5-7-17/h3-7,12-15H,2,8-11,16H2,1H3,(H,27,34)(H,28,29). The maximum atomic E-state index is 13.1. The Morgan fingerprint density at radius 2 is 1.97 bits per heavy atom. The second kappa shape index (κ2) is 7.83. The number of aromatic amines is 1. The number of carbonyl (C=O) groups is 2. The van der Waals surface area contributed by atoms with E-state index in [9.17, 15) is 9.59 Å². The summed E-state index contributed by atoms with van der Waals surface area (Å²) in [6, 6.07) is 13.4. The molecule has 6 rings (SSSR count). The molecule has 172 valence electrons. The van der Waals surface area contributed by atoms with Crippen molar-refractivity contribution in [1.82, 2.24) is 30.0 Å². The molecule has 0 aliphatic carbocycles. The Labute approximate surface area is 197 Å². The minimum absolute atomic E-state index is 0.00952. The lowest BCUT2D eigenvalue weighted by Gasteiger charge is -2.23. The van der Waals surface area contributed by atoms with E-state index >= 15 is 0 Å². The minimum Gasteiger partial charge on any atom is -0.345 e. The number of pyridine rings is 1. The zero-order chi connectivity index (χ0) is 23.3. The van der Waals surface area contributed by atoms with Crippen LogP contribution in [0.2, 0.25) is 0 Å². The Bertz CT molecular complexity index is 1410. The summed E-state index contributed by atoms with van der Waals surface area (Å²) >= 11 is 0. The van der Waals surface area contributed by atoms with E-state index in [4.69, 9.17) is 5.10 Å². The third-order valence-electron chi connectivity index (χ3n) is 7.20. The molecule has 3 aromatic heterocycles. The number of likely N-dealkylation sites (tertiary alicyclic amines) is 1. The van der Waals surface area contributed by atoms with Gasteiger partial charge in [0.15, 0.2) is 5.78 Å². The summed E-state index contributed by atoms with van der Waals surface area (Å²) in [4.78, 5) is 35.0. The van der Waals surface area contributed by atoms with E-state index in [-0.39, 0.29) is 17.2 Å². The highest BCUT2D eigenvalue weighted by Crippen LogP contribution is 2.43. The third-order valence-corrected chi connectivity index (χ3v) is 7.20. The van der Waals surface area contributed by atoms with Crippen LogP contribution in [0.5, 0.6) is 0 Å². The SMILES string of the molecule is CCNC(=O)N1CCC2(CCn3nc(-c4cnc5[nH]cc(C(=O)c6ccccc6)c5c4)cc32)C1. The average molecular weight is 455 g/mol. The highest BCUT2D eigenvalue weighted by Gasteiger charge is 2.46. The minimum atomic E-state index is -0.0453. The molecule has 0 radical (unpaired) electrons. The van der Waals surface area contributed by atoms with Gasteiger partial charge in [0.2, 0.25) is 0 Å². The van der Waals surface area contributed by atoms with Crippen LogP contribution in [0.4, 0.5) is 4.79 Å². The number of carbonyl (C=O) groups excluding carboxylic acids is 2. The monoisotopic (exact) mass is 454 g/mol. The number of aryl methyl sites for hydroxylation is 1. The fourth-order valence-corrected chi connectivity index (χ4v) is 5.40. The quantitative estimate of drug-likeness (QED) is 0.459. The predicted molar refractivity (Wildman–Crippen MR) is 129 cm³/mol. The van der Waals surface area contributed by atoms with Gasteiger partial charge in [-0.25, -0.2) is 9.78 Å². The van der Waals surface area contributed by atoms with Gasteiger partial charge in [-0.2, -0.15) is 5.10 Å². The summed E-state index contributed by atoms with van der Waals surface area (Å²) in [6.07, 6.45) is 5.47. The van der Waals surface area contributed by atoms with Crippen molar-refractivity contribution in [2.24, 2.45) is 0 Å². The molecule has 1 atom stereocenters. The normalized spacial score (nSPS) is 19.1. The van der Waals surface area contributed by atoms with Gasteiger partial charge in [0.1, 0.15) is 5.65 Å². The summed E-state index contributed by atoms with van der Waals surface area (Å²) in [7, 11) is 0. The zero-order valence-corrected chi connectivity index (χ0v) is 19.0. The number of rotatable bonds is 4. The van der Waals surface area contributed by atoms with Crippen LogP contribution in [0.3, 0.4) is 0 Å². The molecule has 1 fully saturated rings. The number of hydrogen-bond acceptors (Lipinski definition) is 4. The van der Waals surface area contributed by atoms with Crippen molar-refractivity contribution in [3.05, 3.63) is 71.7 Å². The van der Waals surface area contributed by atoms with Gasteiger partial charge in [-0.15, -0.1) is 0 Å². The molecular weight excluding hydrogens is 428 g/mol. The molecule has 2 N–H and O–H groups in total. The highest BCUT2D eigenvalue weighted by atomic mass is 16.2. The van der Waals surface area contributed by atoms with Crippen LogP contribution >= 0.6 is 0 Å². The van der Waals surface area contributed by atoms with E-state index in [1.165, 1.54) is 5.69 Å². The Morgan fingerprint density at radius 1 is 1.15 bits per heavy atom. The van der Waals surface area contributed by atoms with Gasteiger partial charge in [0.05, 0.1) is 5.69 Å². The Morgan fingerprint density at radius 3 is 2.79 bits per heavy atom. The van der Waals surface area contributed by atoms with Crippen molar-refractivity contribution in [3.8, 4) is 11.3 Å². The molecule has 1 aromatic carbocycles. The van der Waals surface area contributed by atoms with Crippen molar-refractivity contribution in [2.45, 2.75) is 31.7 Å². The second-order valence-corrected chi connectivity index (χ2v) is 9.19. The maximum Gasteiger partial charge on any atom is 0.317 e. The van der Waals surface area contributed by atoms with Crippen LogP contribution in [0, 0.1) is 0 Å². The zero-order valence-electron chi connectivity index (χ0n) is 19.0. The summed E-state index contributed by atoms with van der Waals surface area (Å²) in [5, 5.41) is 8.58. The van der Waals surface area contributed by atoms with Gasteiger partial charge in [-0.1, -0.05) is 30.3 Å². The van der Waals surface area contributed by atoms with E-state index < -0.39 is 0 Å². The number of fused-ring (bicyclic) bond motifs is 3. The Balaban J connectivity index is 1.33. The van der Waals surface area contributed by atoms with Crippen molar-refractivity contribution < 1.29 is 9.59 Å². The summed E-state index contributed by atoms with van der Waals surface area (Å²) in [5.74, 6) is -0.0338. The van der Waals surface area contributed by atoms with Crippen LogP contribution in [0.1, 0.15) is 41.4 Å². The largest absolute Gasteiger partial charge is 0.345 e. The van der Waals surface area contributed by atoms with Crippen LogP contribution in [0.15, 0.2) is 54.9 Å². The van der Waals surface area contributed by atoms with E-state index in [0.29, 0.717) is 23.3 Å². The topological polar surface area (TPSA) is 95.9 Å². The van der Waals surface area contributed by atoms with E-state index in [2.05, 4.69) is 26.0 Å². The molecule has 8 nitrogen and oxygen atoms in total. The molecule has 1 saturated heterocycles. The van der Waals surface area contributed by atoms with Gasteiger partial charge < -0.3 is 15.2 Å². The Hall–Kier alpha value is -3.94. The van der Waals surface area contributed by atoms with Gasteiger partial charge >= 0.3 is 6.03 Å². The van der Waals surface area contributed by atoms with Crippen LogP contribution in [-0.4, -0.2) is 56.1 Å². The molecule has 1 unspecified atom stereocenters. The number of benzene rings is 1. The van der Waals surface area contributed by atoms with E-state index in [1.807, 2.05) is 48.2 Å². The number of H-pyrrole nitrogens is 1. The summed E-state index contributed by atoms with van der Waals surface area (Å²) < 4.78 is 2.08. The molecule has 34 heavy (non-hydrogen) atoms. The molecule has 2 aliphatic rings. The fraction of sp³-hybridized carbons (Fsp3) is 0.308. The predicted octanol–water partition coefficient (Wildman–Crippen LogP) is 3.73. The van der Waals surface area contributed by atoms with Gasteiger partial charge in [-0.05, 0) is 31.9 Å². The first-order valence-electron chi connectivity index (χ1n) is 11.8. The van der Waals surface area contributed by atoms with Crippen molar-refractivity contribution in [2.75, 3.05) is 19.6 Å². The summed E-state index contributed by atoms with van der Waals surface area (Å²) in [5.41, 5.74) is 4.80. The van der Waals surface area contributed by atoms with Crippen molar-refractivity contribution >= 4 is 22.8 Å². The molecule has 8 heteroatoms. The van der Waals surface area contributed by atoms with Gasteiger partial charge in [0.25, 0.3) is 0 Å². The number of aromatic nitrogens is 4. The molecule has 5 heterocycles. The second-order valence-electron chi connectivity index (χ2n) is 9.19. The number of nitrogens with zero attached hydrogens (tertiary/aromatic N) is 4. The lowest BCUT2D eigenvalue weighted by atomic mass is 9.82. The molecule has 4 aromatic rings. The molecular formula is C26H26N6O2. The molecule has 2 aliphatic heterocycles. The number of ketones is 1. The van der Waals surface area contributed by atoms with Crippen LogP contribution in [-0.2, 0) is 12.0 Å². The van der Waals surface area contributed by atoms with Gasteiger partial charge in [0, 0.05) is 71.8 Å². The van der Waals surface area contributed by atoms with Crippen LogP contribution < -0.4 is 5.32 Å². The van der Waals surface area contributed by atoms with Crippen LogP contribution in [0.25, 0.3) is 22.3 Å². The molecule has 1 spiro atoms. The average Bonchev–Trinajstić information content (AvgIpc) is 3.64. The van der Waals surface area contributed by atoms with Gasteiger partial charge in [-0.3, -0.25) is 9.48 Å². The molecule has 0 saturated carbocycles. The first-order valence-corrected chi connectivity index (χ1v) is 11.8. The number of amides is 2. The van der Waals surface area contributed by atoms with Crippen molar-refractivity contribution in [1.29, 1.82) is 0 Å². The number of nitrogens with one attached hydrogen (secondary N) is 2. The molecule has 2 amide bonds. The first kappa shape index (κ1) is 20.7. The maximum absolute atomic E-state index is 13.1. The smallest absolute Gasteiger partial charge is 0.317 e. The first-order chi connectivity index (χ1) is 16.6. The fourth-order valence-electron chi connectivity index (χ4n) is 5.40. The third kappa shape index (κ3) is 3.21. The molecule has 0 bridgehead atoms. The Kier molecular flexibility index (Phi) is 4.76. The van der Waals surface area contributed by atoms with E-state index in [1.54, 1.807) is 12.4 Å². The number of hydrogen-bond donors (Lipinski definition) is 2. The lowest BCUT2D eigenvalue weighted by molar-refractivity contribution is 0.104. The highest BCUT2D eigenvalue weighted by molar-refractivity contribution is 6.16. The van der Waals surface area contributed by atoms with Crippen molar-refractivity contribution in [3.63, 3.8) is 0 Å².